The Labute approximate surface area is 213 Å². The standard InChI is InChI=1S/C26H36N6O4/c1-19-27-23(30-10-8-29(2)9-11-30)18-24(28-19)31-12-14-32(15-13-31)25(33)7-6-20-16-21(34-3)26(36-5)22(17-20)35-4/h6-7,16-18H,8-15H2,1-5H3/b7-6+. The smallest absolute Gasteiger partial charge is 0.246 e. The van der Waals surface area contributed by atoms with Crippen LogP contribution in [0.5, 0.6) is 17.2 Å². The first-order valence-corrected chi connectivity index (χ1v) is 12.2. The van der Waals surface area contributed by atoms with Crippen molar-refractivity contribution in [3.8, 4) is 17.2 Å². The second-order valence-electron chi connectivity index (χ2n) is 9.03. The van der Waals surface area contributed by atoms with Crippen molar-refractivity contribution in [1.82, 2.24) is 19.8 Å². The van der Waals surface area contributed by atoms with E-state index in [0.29, 0.717) is 30.3 Å². The van der Waals surface area contributed by atoms with Crippen molar-refractivity contribution in [2.45, 2.75) is 6.92 Å². The minimum absolute atomic E-state index is 0.0274. The zero-order valence-electron chi connectivity index (χ0n) is 21.9. The van der Waals surface area contributed by atoms with E-state index in [0.717, 1.165) is 62.3 Å². The Kier molecular flexibility index (Phi) is 8.14. The van der Waals surface area contributed by atoms with Crippen LogP contribution in [0.1, 0.15) is 11.4 Å². The summed E-state index contributed by atoms with van der Waals surface area (Å²) in [4.78, 5) is 31.0. The van der Waals surface area contributed by atoms with Gasteiger partial charge in [0.25, 0.3) is 0 Å². The molecule has 4 rings (SSSR count). The quantitative estimate of drug-likeness (QED) is 0.534. The highest BCUT2D eigenvalue weighted by Crippen LogP contribution is 2.38. The van der Waals surface area contributed by atoms with Crippen LogP contribution in [0.3, 0.4) is 0 Å². The normalized spacial score (nSPS) is 17.0. The molecule has 36 heavy (non-hydrogen) atoms. The maximum atomic E-state index is 12.9. The number of rotatable bonds is 7. The minimum atomic E-state index is -0.0274. The number of ether oxygens (including phenoxy) is 3. The summed E-state index contributed by atoms with van der Waals surface area (Å²) in [5, 5.41) is 0. The van der Waals surface area contributed by atoms with Crippen LogP contribution >= 0.6 is 0 Å². The highest BCUT2D eigenvalue weighted by molar-refractivity contribution is 5.92. The molecule has 10 heteroatoms. The van der Waals surface area contributed by atoms with Gasteiger partial charge in [-0.15, -0.1) is 0 Å². The van der Waals surface area contributed by atoms with Gasteiger partial charge >= 0.3 is 0 Å². The maximum absolute atomic E-state index is 12.9. The van der Waals surface area contributed by atoms with E-state index in [9.17, 15) is 4.79 Å². The molecule has 2 saturated heterocycles. The minimum Gasteiger partial charge on any atom is -0.493 e. The molecule has 0 aliphatic carbocycles. The predicted octanol–water partition coefficient (Wildman–Crippen LogP) is 1.92. The molecule has 0 saturated carbocycles. The van der Waals surface area contributed by atoms with E-state index in [4.69, 9.17) is 14.2 Å². The number of aryl methyl sites for hydroxylation is 1. The fourth-order valence-electron chi connectivity index (χ4n) is 4.52. The van der Waals surface area contributed by atoms with Crippen molar-refractivity contribution in [3.63, 3.8) is 0 Å². The van der Waals surface area contributed by atoms with E-state index in [2.05, 4.69) is 37.8 Å². The van der Waals surface area contributed by atoms with Gasteiger partial charge < -0.3 is 33.8 Å². The summed E-state index contributed by atoms with van der Waals surface area (Å²) in [6.45, 7) is 8.64. The number of benzene rings is 1. The highest BCUT2D eigenvalue weighted by atomic mass is 16.5. The third-order valence-corrected chi connectivity index (χ3v) is 6.66. The molecular weight excluding hydrogens is 460 g/mol. The lowest BCUT2D eigenvalue weighted by molar-refractivity contribution is -0.126. The number of hydrogen-bond donors (Lipinski definition) is 0. The van der Waals surface area contributed by atoms with Gasteiger partial charge in [-0.25, -0.2) is 9.97 Å². The van der Waals surface area contributed by atoms with Crippen molar-refractivity contribution in [1.29, 1.82) is 0 Å². The van der Waals surface area contributed by atoms with Crippen molar-refractivity contribution in [2.75, 3.05) is 90.5 Å². The molecule has 0 radical (unpaired) electrons. The number of anilines is 2. The molecule has 1 aromatic heterocycles. The number of carbonyl (C=O) groups excluding carboxylic acids is 1. The Balaban J connectivity index is 1.38. The van der Waals surface area contributed by atoms with Crippen molar-refractivity contribution in [2.24, 2.45) is 0 Å². The summed E-state index contributed by atoms with van der Waals surface area (Å²) in [5.74, 6) is 4.28. The summed E-state index contributed by atoms with van der Waals surface area (Å²) in [6, 6.07) is 5.72. The maximum Gasteiger partial charge on any atom is 0.246 e. The van der Waals surface area contributed by atoms with Crippen LogP contribution in [0.25, 0.3) is 6.08 Å². The van der Waals surface area contributed by atoms with Crippen LogP contribution in [0.2, 0.25) is 0 Å². The first-order valence-electron chi connectivity index (χ1n) is 12.2. The average molecular weight is 497 g/mol. The molecule has 2 fully saturated rings. The summed E-state index contributed by atoms with van der Waals surface area (Å²) in [5.41, 5.74) is 0.796. The number of carbonyl (C=O) groups is 1. The number of methoxy groups -OCH3 is 3. The van der Waals surface area contributed by atoms with Crippen molar-refractivity contribution < 1.29 is 19.0 Å². The van der Waals surface area contributed by atoms with E-state index in [1.807, 2.05) is 24.0 Å². The van der Waals surface area contributed by atoms with Gasteiger partial charge in [0, 0.05) is 64.5 Å². The number of piperazine rings is 2. The second-order valence-corrected chi connectivity index (χ2v) is 9.03. The zero-order valence-corrected chi connectivity index (χ0v) is 21.9. The average Bonchev–Trinajstić information content (AvgIpc) is 2.91. The highest BCUT2D eigenvalue weighted by Gasteiger charge is 2.23. The van der Waals surface area contributed by atoms with E-state index >= 15 is 0 Å². The molecule has 10 nitrogen and oxygen atoms in total. The summed E-state index contributed by atoms with van der Waals surface area (Å²) in [7, 11) is 6.86. The van der Waals surface area contributed by atoms with Gasteiger partial charge in [-0.1, -0.05) is 0 Å². The molecule has 194 valence electrons. The zero-order chi connectivity index (χ0) is 25.7. The molecule has 0 spiro atoms. The van der Waals surface area contributed by atoms with Gasteiger partial charge in [0.05, 0.1) is 21.3 Å². The molecule has 0 N–H and O–H groups in total. The SMILES string of the molecule is COc1cc(/C=C/C(=O)N2CCN(c3cc(N4CCN(C)CC4)nc(C)n3)CC2)cc(OC)c1OC. The molecule has 0 bridgehead atoms. The predicted molar refractivity (Wildman–Crippen MR) is 140 cm³/mol. The Bertz CT molecular complexity index is 1070. The Morgan fingerprint density at radius 3 is 1.83 bits per heavy atom. The first-order chi connectivity index (χ1) is 17.4. The third kappa shape index (κ3) is 5.81. The van der Waals surface area contributed by atoms with Crippen LogP contribution in [0.4, 0.5) is 11.6 Å². The summed E-state index contributed by atoms with van der Waals surface area (Å²) >= 11 is 0. The molecule has 0 unspecified atom stereocenters. The Morgan fingerprint density at radius 2 is 1.33 bits per heavy atom. The fraction of sp³-hybridized carbons (Fsp3) is 0.500. The molecule has 2 aliphatic rings. The largest absolute Gasteiger partial charge is 0.493 e. The lowest BCUT2D eigenvalue weighted by Crippen LogP contribution is -2.49. The van der Waals surface area contributed by atoms with Crippen LogP contribution < -0.4 is 24.0 Å². The van der Waals surface area contributed by atoms with E-state index < -0.39 is 0 Å². The number of hydrogen-bond acceptors (Lipinski definition) is 9. The first kappa shape index (κ1) is 25.6. The third-order valence-electron chi connectivity index (χ3n) is 6.66. The van der Waals surface area contributed by atoms with Gasteiger partial charge in [-0.3, -0.25) is 4.79 Å². The second kappa shape index (κ2) is 11.5. The van der Waals surface area contributed by atoms with E-state index in [1.54, 1.807) is 33.5 Å². The topological polar surface area (TPSA) is 83.5 Å². The van der Waals surface area contributed by atoms with E-state index in [-0.39, 0.29) is 5.91 Å². The summed E-state index contributed by atoms with van der Waals surface area (Å²) < 4.78 is 16.2. The fourth-order valence-corrected chi connectivity index (χ4v) is 4.52. The van der Waals surface area contributed by atoms with Crippen LogP contribution in [-0.2, 0) is 4.79 Å². The Morgan fingerprint density at radius 1 is 0.806 bits per heavy atom. The summed E-state index contributed by atoms with van der Waals surface area (Å²) in [6.07, 6.45) is 3.37. The lowest BCUT2D eigenvalue weighted by Gasteiger charge is -2.36. The molecular formula is C26H36N6O4. The van der Waals surface area contributed by atoms with Crippen LogP contribution in [0, 0.1) is 6.92 Å². The van der Waals surface area contributed by atoms with Crippen LogP contribution in [-0.4, -0.2) is 106 Å². The van der Waals surface area contributed by atoms with Gasteiger partial charge in [0.1, 0.15) is 17.5 Å². The Hall–Kier alpha value is -3.53. The molecule has 2 aliphatic heterocycles. The van der Waals surface area contributed by atoms with Crippen molar-refractivity contribution in [3.05, 3.63) is 35.7 Å². The van der Waals surface area contributed by atoms with Crippen molar-refractivity contribution >= 4 is 23.6 Å². The van der Waals surface area contributed by atoms with Crippen LogP contribution in [0.15, 0.2) is 24.3 Å². The molecule has 1 aromatic carbocycles. The number of likely N-dealkylation sites (N-methyl/N-ethyl adjacent to an activating group) is 1. The van der Waals surface area contributed by atoms with Gasteiger partial charge in [-0.2, -0.15) is 0 Å². The van der Waals surface area contributed by atoms with Gasteiger partial charge in [0.2, 0.25) is 11.7 Å². The lowest BCUT2D eigenvalue weighted by atomic mass is 10.1. The van der Waals surface area contributed by atoms with Gasteiger partial charge in [0.15, 0.2) is 11.5 Å². The van der Waals surface area contributed by atoms with Gasteiger partial charge in [-0.05, 0) is 37.7 Å². The number of amides is 1. The molecule has 0 atom stereocenters. The number of aromatic nitrogens is 2. The van der Waals surface area contributed by atoms with E-state index in [1.165, 1.54) is 0 Å². The molecule has 1 amide bonds. The monoisotopic (exact) mass is 496 g/mol. The molecule has 2 aromatic rings. The number of nitrogens with zero attached hydrogens (tertiary/aromatic N) is 6. The molecule has 3 heterocycles.